The van der Waals surface area contributed by atoms with Crippen LogP contribution in [0.1, 0.15) is 17.0 Å². The van der Waals surface area contributed by atoms with Gasteiger partial charge in [-0.05, 0) is 43.4 Å². The predicted molar refractivity (Wildman–Crippen MR) is 124 cm³/mol. The molecule has 0 heterocycles. The second kappa shape index (κ2) is 7.59. The van der Waals surface area contributed by atoms with Crippen molar-refractivity contribution in [1.29, 1.82) is 5.26 Å². The fourth-order valence-corrected chi connectivity index (χ4v) is 4.67. The molecule has 0 saturated heterocycles. The molecule has 3 nitrogen and oxygen atoms in total. The molecule has 0 amide bonds. The van der Waals surface area contributed by atoms with Crippen LogP contribution in [0.5, 0.6) is 0 Å². The molecule has 0 fully saturated rings. The standard InChI is InChI=1S/C28H19NO2/c29-17-25(28(30)31)27(23-13-5-9-18-7-1-3-11-21(18)23)24-14-6-10-20-16-15-19-8-2-4-12-22(19)26(20)24/h1-16,25,27H,(H,30,31)/t25-,27+/m1/s1. The molecule has 0 aromatic heterocycles. The van der Waals surface area contributed by atoms with E-state index in [9.17, 15) is 15.2 Å². The Bertz CT molecular complexity index is 1490. The molecule has 0 radical (unpaired) electrons. The van der Waals surface area contributed by atoms with E-state index in [1.807, 2.05) is 72.8 Å². The number of hydrogen-bond donors (Lipinski definition) is 1. The highest BCUT2D eigenvalue weighted by molar-refractivity contribution is 6.10. The summed E-state index contributed by atoms with van der Waals surface area (Å²) in [5.74, 6) is -2.93. The van der Waals surface area contributed by atoms with Gasteiger partial charge >= 0.3 is 5.97 Å². The Labute approximate surface area is 179 Å². The van der Waals surface area contributed by atoms with E-state index in [2.05, 4.69) is 30.3 Å². The molecule has 3 heteroatoms. The lowest BCUT2D eigenvalue weighted by Crippen LogP contribution is -2.22. The molecule has 5 rings (SSSR count). The zero-order valence-corrected chi connectivity index (χ0v) is 16.7. The monoisotopic (exact) mass is 401 g/mol. The van der Waals surface area contributed by atoms with Crippen molar-refractivity contribution in [2.75, 3.05) is 0 Å². The van der Waals surface area contributed by atoms with Crippen LogP contribution in [0.2, 0.25) is 0 Å². The minimum atomic E-state index is -1.21. The second-order valence-electron chi connectivity index (χ2n) is 7.72. The van der Waals surface area contributed by atoms with Crippen molar-refractivity contribution in [3.05, 3.63) is 108 Å². The lowest BCUT2D eigenvalue weighted by molar-refractivity contribution is -0.140. The van der Waals surface area contributed by atoms with Gasteiger partial charge in [-0.2, -0.15) is 5.26 Å². The van der Waals surface area contributed by atoms with E-state index in [0.29, 0.717) is 0 Å². The number of hydrogen-bond acceptors (Lipinski definition) is 2. The minimum Gasteiger partial charge on any atom is -0.480 e. The van der Waals surface area contributed by atoms with Crippen molar-refractivity contribution in [1.82, 2.24) is 0 Å². The first-order chi connectivity index (χ1) is 15.2. The molecule has 0 unspecified atom stereocenters. The molecule has 0 aliphatic heterocycles. The van der Waals surface area contributed by atoms with Gasteiger partial charge in [-0.15, -0.1) is 0 Å². The third-order valence-electron chi connectivity index (χ3n) is 6.03. The van der Waals surface area contributed by atoms with Gasteiger partial charge in [-0.1, -0.05) is 97.1 Å². The molecule has 0 aliphatic carbocycles. The van der Waals surface area contributed by atoms with Crippen molar-refractivity contribution < 1.29 is 9.90 Å². The summed E-state index contributed by atoms with van der Waals surface area (Å²) in [5, 5.41) is 26.1. The average Bonchev–Trinajstić information content (AvgIpc) is 2.81. The van der Waals surface area contributed by atoms with Crippen LogP contribution >= 0.6 is 0 Å². The van der Waals surface area contributed by atoms with Crippen LogP contribution in [0, 0.1) is 17.2 Å². The Morgan fingerprint density at radius 1 is 0.677 bits per heavy atom. The van der Waals surface area contributed by atoms with E-state index < -0.39 is 17.8 Å². The van der Waals surface area contributed by atoms with E-state index >= 15 is 0 Å². The largest absolute Gasteiger partial charge is 0.480 e. The number of rotatable bonds is 4. The third-order valence-corrected chi connectivity index (χ3v) is 6.03. The van der Waals surface area contributed by atoms with E-state index in [1.54, 1.807) is 0 Å². The topological polar surface area (TPSA) is 61.1 Å². The lowest BCUT2D eigenvalue weighted by atomic mass is 9.77. The van der Waals surface area contributed by atoms with Crippen molar-refractivity contribution >= 4 is 38.3 Å². The molecule has 0 saturated carbocycles. The predicted octanol–water partition coefficient (Wildman–Crippen LogP) is 6.50. The maximum atomic E-state index is 12.2. The van der Waals surface area contributed by atoms with Crippen LogP contribution in [0.15, 0.2) is 97.1 Å². The van der Waals surface area contributed by atoms with Crippen LogP contribution in [0.25, 0.3) is 32.3 Å². The molecule has 148 valence electrons. The van der Waals surface area contributed by atoms with Gasteiger partial charge in [0.2, 0.25) is 0 Å². The fourth-order valence-electron chi connectivity index (χ4n) is 4.67. The molecule has 0 bridgehead atoms. The van der Waals surface area contributed by atoms with E-state index in [-0.39, 0.29) is 0 Å². The summed E-state index contributed by atoms with van der Waals surface area (Å²) in [6, 6.07) is 34.1. The van der Waals surface area contributed by atoms with Gasteiger partial charge in [0.15, 0.2) is 5.92 Å². The Morgan fingerprint density at radius 3 is 1.94 bits per heavy atom. The van der Waals surface area contributed by atoms with Crippen molar-refractivity contribution in [2.45, 2.75) is 5.92 Å². The molecule has 1 N–H and O–H groups in total. The number of nitrogens with zero attached hydrogens (tertiary/aromatic N) is 1. The van der Waals surface area contributed by atoms with E-state index in [4.69, 9.17) is 0 Å². The summed E-state index contributed by atoms with van der Waals surface area (Å²) in [6.07, 6.45) is 0. The summed E-state index contributed by atoms with van der Waals surface area (Å²) < 4.78 is 0. The molecule has 5 aromatic rings. The number of fused-ring (bicyclic) bond motifs is 4. The summed E-state index contributed by atoms with van der Waals surface area (Å²) >= 11 is 0. The molecule has 31 heavy (non-hydrogen) atoms. The molecular weight excluding hydrogens is 382 g/mol. The normalized spacial score (nSPS) is 13.1. The fraction of sp³-hybridized carbons (Fsp3) is 0.0714. The molecular formula is C28H19NO2. The summed E-state index contributed by atoms with van der Waals surface area (Å²) in [6.45, 7) is 0. The first kappa shape index (κ1) is 18.8. The van der Waals surface area contributed by atoms with Crippen LogP contribution < -0.4 is 0 Å². The first-order valence-corrected chi connectivity index (χ1v) is 10.2. The minimum absolute atomic E-state index is 0.608. The SMILES string of the molecule is N#C[C@@H](C(=O)O)[C@@H](c1cccc2ccccc12)c1cccc2ccc3ccccc3c12. The van der Waals surface area contributed by atoms with E-state index in [1.165, 1.54) is 0 Å². The van der Waals surface area contributed by atoms with Crippen LogP contribution in [0.3, 0.4) is 0 Å². The number of carboxylic acid groups (broad SMARTS) is 1. The molecule has 5 aromatic carbocycles. The zero-order chi connectivity index (χ0) is 21.4. The highest BCUT2D eigenvalue weighted by atomic mass is 16.4. The third kappa shape index (κ3) is 3.10. The van der Waals surface area contributed by atoms with Gasteiger partial charge < -0.3 is 5.11 Å². The van der Waals surface area contributed by atoms with Gasteiger partial charge in [-0.3, -0.25) is 4.79 Å². The Kier molecular flexibility index (Phi) is 4.61. The van der Waals surface area contributed by atoms with Gasteiger partial charge in [0.25, 0.3) is 0 Å². The smallest absolute Gasteiger partial charge is 0.321 e. The van der Waals surface area contributed by atoms with Crippen LogP contribution in [0.4, 0.5) is 0 Å². The number of benzene rings is 5. The second-order valence-corrected chi connectivity index (χ2v) is 7.72. The van der Waals surface area contributed by atoms with Gasteiger partial charge in [0.05, 0.1) is 6.07 Å². The quantitative estimate of drug-likeness (QED) is 0.350. The van der Waals surface area contributed by atoms with Crippen LogP contribution in [-0.2, 0) is 4.79 Å². The van der Waals surface area contributed by atoms with Gasteiger partial charge in [-0.25, -0.2) is 0 Å². The maximum Gasteiger partial charge on any atom is 0.321 e. The van der Waals surface area contributed by atoms with Gasteiger partial charge in [0, 0.05) is 5.92 Å². The highest BCUT2D eigenvalue weighted by Gasteiger charge is 2.33. The summed E-state index contributed by atoms with van der Waals surface area (Å²) in [4.78, 5) is 12.2. The lowest BCUT2D eigenvalue weighted by Gasteiger charge is -2.24. The first-order valence-electron chi connectivity index (χ1n) is 10.2. The Hall–Kier alpha value is -4.16. The molecule has 2 atom stereocenters. The zero-order valence-electron chi connectivity index (χ0n) is 16.7. The summed E-state index contributed by atoms with van der Waals surface area (Å²) in [7, 11) is 0. The average molecular weight is 401 g/mol. The Balaban J connectivity index is 1.91. The van der Waals surface area contributed by atoms with Crippen molar-refractivity contribution in [3.8, 4) is 6.07 Å². The van der Waals surface area contributed by atoms with Gasteiger partial charge in [0.1, 0.15) is 0 Å². The molecule has 0 spiro atoms. The van der Waals surface area contributed by atoms with Crippen LogP contribution in [-0.4, -0.2) is 11.1 Å². The van der Waals surface area contributed by atoms with E-state index in [0.717, 1.165) is 43.4 Å². The van der Waals surface area contributed by atoms with Crippen molar-refractivity contribution in [3.63, 3.8) is 0 Å². The Morgan fingerprint density at radius 2 is 1.23 bits per heavy atom. The number of carboxylic acids is 1. The molecule has 0 aliphatic rings. The maximum absolute atomic E-state index is 12.2. The number of carbonyl (C=O) groups is 1. The number of aliphatic carboxylic acids is 1. The number of nitriles is 1. The highest BCUT2D eigenvalue weighted by Crippen LogP contribution is 2.41. The van der Waals surface area contributed by atoms with Crippen molar-refractivity contribution in [2.24, 2.45) is 5.92 Å². The summed E-state index contributed by atoms with van der Waals surface area (Å²) in [5.41, 5.74) is 1.71.